The van der Waals surface area contributed by atoms with E-state index < -0.39 is 0 Å². The largest absolute Gasteiger partial charge is 0.490 e. The van der Waals surface area contributed by atoms with Crippen molar-refractivity contribution in [2.45, 2.75) is 97.1 Å². The maximum atomic E-state index is 12.1. The summed E-state index contributed by atoms with van der Waals surface area (Å²) in [6.45, 7) is 5.86. The van der Waals surface area contributed by atoms with Crippen molar-refractivity contribution in [3.8, 4) is 33.2 Å². The first-order chi connectivity index (χ1) is 23.5. The zero-order valence-corrected chi connectivity index (χ0v) is 29.9. The van der Waals surface area contributed by atoms with Crippen LogP contribution in [0.1, 0.15) is 83.3 Å². The Balaban J connectivity index is 0.000000216. The summed E-state index contributed by atoms with van der Waals surface area (Å²) in [5.74, 6) is 1.69. The van der Waals surface area contributed by atoms with Gasteiger partial charge in [0.05, 0.1) is 19.1 Å². The molecule has 2 fully saturated rings. The summed E-state index contributed by atoms with van der Waals surface area (Å²) >= 11 is 1.74. The number of nitrogens with zero attached hydrogens (tertiary/aromatic N) is 4. The molecule has 9 heteroatoms. The fourth-order valence-electron chi connectivity index (χ4n) is 5.99. The molecule has 268 valence electrons. The summed E-state index contributed by atoms with van der Waals surface area (Å²) in [6, 6.07) is 9.70. The first-order valence-electron chi connectivity index (χ1n) is 17.9. The fourth-order valence-corrected chi connectivity index (χ4v) is 6.92. The Morgan fingerprint density at radius 3 is 1.98 bits per heavy atom. The van der Waals surface area contributed by atoms with Crippen molar-refractivity contribution >= 4 is 11.3 Å². The molecule has 2 saturated heterocycles. The highest BCUT2D eigenvalue weighted by molar-refractivity contribution is 7.13. The van der Waals surface area contributed by atoms with Gasteiger partial charge in [-0.15, -0.1) is 11.3 Å². The van der Waals surface area contributed by atoms with Gasteiger partial charge in [-0.1, -0.05) is 40.0 Å². The lowest BCUT2D eigenvalue weighted by molar-refractivity contribution is 0.0767. The van der Waals surface area contributed by atoms with E-state index in [2.05, 4.69) is 81.6 Å². The minimum atomic E-state index is -0.204. The lowest BCUT2D eigenvalue weighted by Crippen LogP contribution is -2.48. The molecular formula is C40H58FN5O2S. The smallest absolute Gasteiger partial charge is 0.138 e. The number of aromatic amines is 1. The lowest BCUT2D eigenvalue weighted by atomic mass is 10.1. The van der Waals surface area contributed by atoms with E-state index >= 15 is 0 Å². The number of aryl methyl sites for hydroxylation is 2. The minimum Gasteiger partial charge on any atom is -0.490 e. The normalized spacial score (nSPS) is 17.3. The van der Waals surface area contributed by atoms with E-state index in [0.717, 1.165) is 73.8 Å². The maximum Gasteiger partial charge on any atom is 0.138 e. The number of hydrogen-bond donors (Lipinski definition) is 1. The number of halogens is 1. The van der Waals surface area contributed by atoms with Gasteiger partial charge in [0.1, 0.15) is 24.7 Å². The average Bonchev–Trinajstić information content (AvgIpc) is 3.78. The zero-order chi connectivity index (χ0) is 33.6. The van der Waals surface area contributed by atoms with Crippen molar-refractivity contribution < 1.29 is 13.9 Å². The number of pyridine rings is 2. The molecule has 2 atom stereocenters. The van der Waals surface area contributed by atoms with Crippen molar-refractivity contribution in [2.75, 3.05) is 47.1 Å². The fraction of sp³-hybridized carbons (Fsp3) is 0.550. The maximum absolute atomic E-state index is 12.1. The van der Waals surface area contributed by atoms with Gasteiger partial charge in [0.25, 0.3) is 0 Å². The molecule has 6 rings (SSSR count). The number of nitrogens with one attached hydrogen (secondary N) is 1. The van der Waals surface area contributed by atoms with E-state index in [0.29, 0.717) is 18.5 Å². The van der Waals surface area contributed by atoms with Gasteiger partial charge >= 0.3 is 0 Å². The van der Waals surface area contributed by atoms with Gasteiger partial charge in [0.15, 0.2) is 0 Å². The highest BCUT2D eigenvalue weighted by Crippen LogP contribution is 2.30. The van der Waals surface area contributed by atoms with Gasteiger partial charge in [-0.2, -0.15) is 0 Å². The number of likely N-dealkylation sites (tertiary alicyclic amines) is 2. The van der Waals surface area contributed by atoms with Crippen LogP contribution in [0.3, 0.4) is 0 Å². The molecule has 0 radical (unpaired) electrons. The van der Waals surface area contributed by atoms with Crippen LogP contribution >= 0.6 is 11.3 Å². The molecule has 7 nitrogen and oxygen atoms in total. The molecule has 0 unspecified atom stereocenters. The van der Waals surface area contributed by atoms with Gasteiger partial charge in [0.2, 0.25) is 0 Å². The van der Waals surface area contributed by atoms with Crippen LogP contribution in [-0.4, -0.2) is 83.9 Å². The second-order valence-electron chi connectivity index (χ2n) is 13.3. The van der Waals surface area contributed by atoms with Gasteiger partial charge in [0, 0.05) is 52.4 Å². The van der Waals surface area contributed by atoms with Crippen LogP contribution in [0.5, 0.6) is 11.5 Å². The summed E-state index contributed by atoms with van der Waals surface area (Å²) in [5.41, 5.74) is 6.03. The van der Waals surface area contributed by atoms with Crippen molar-refractivity contribution in [3.05, 3.63) is 71.8 Å². The Hall–Kier alpha value is -3.27. The minimum absolute atomic E-state index is 0. The number of rotatable bonds is 18. The van der Waals surface area contributed by atoms with Crippen molar-refractivity contribution in [1.82, 2.24) is 24.8 Å². The molecule has 4 aromatic rings. The number of unbranched alkanes of at least 4 members (excludes halogenated alkanes) is 5. The van der Waals surface area contributed by atoms with E-state index in [4.69, 9.17) is 9.47 Å². The molecule has 0 aliphatic carbocycles. The average molecular weight is 692 g/mol. The molecule has 0 spiro atoms. The quantitative estimate of drug-likeness (QED) is 0.105. The molecule has 1 N–H and O–H groups in total. The number of hydrogen-bond acceptors (Lipinski definition) is 7. The monoisotopic (exact) mass is 691 g/mol. The highest BCUT2D eigenvalue weighted by Gasteiger charge is 2.25. The van der Waals surface area contributed by atoms with Crippen LogP contribution < -0.4 is 9.47 Å². The molecule has 6 heterocycles. The van der Waals surface area contributed by atoms with E-state index in [-0.39, 0.29) is 14.1 Å². The van der Waals surface area contributed by atoms with E-state index in [1.807, 2.05) is 12.4 Å². The summed E-state index contributed by atoms with van der Waals surface area (Å²) < 4.78 is 24.0. The predicted molar refractivity (Wildman–Crippen MR) is 203 cm³/mol. The first kappa shape index (κ1) is 38.5. The second-order valence-corrected chi connectivity index (χ2v) is 14.2. The Morgan fingerprint density at radius 2 is 1.39 bits per heavy atom. The van der Waals surface area contributed by atoms with Crippen molar-refractivity contribution in [3.63, 3.8) is 0 Å². The summed E-state index contributed by atoms with van der Waals surface area (Å²) in [7, 11) is 4.28. The summed E-state index contributed by atoms with van der Waals surface area (Å²) in [6.07, 6.45) is 22.0. The molecule has 0 amide bonds. The molecule has 2 aliphatic heterocycles. The van der Waals surface area contributed by atoms with Crippen molar-refractivity contribution in [2.24, 2.45) is 0 Å². The third kappa shape index (κ3) is 11.9. The lowest BCUT2D eigenvalue weighted by Gasteiger charge is -2.37. The van der Waals surface area contributed by atoms with E-state index in [1.165, 1.54) is 61.1 Å². The Kier molecular flexibility index (Phi) is 16.1. The second kappa shape index (κ2) is 20.4. The third-order valence-corrected chi connectivity index (χ3v) is 10.6. The molecule has 4 aromatic heterocycles. The Bertz CT molecular complexity index is 1400. The van der Waals surface area contributed by atoms with Crippen LogP contribution in [0, 0.1) is 0 Å². The van der Waals surface area contributed by atoms with Crippen LogP contribution in [-0.2, 0) is 12.8 Å². The van der Waals surface area contributed by atoms with Gasteiger partial charge in [-0.25, -0.2) is 0 Å². The van der Waals surface area contributed by atoms with Crippen LogP contribution in [0.25, 0.3) is 21.7 Å². The van der Waals surface area contributed by atoms with Crippen LogP contribution in [0.15, 0.2) is 60.6 Å². The summed E-state index contributed by atoms with van der Waals surface area (Å²) in [5, 5.41) is 2.20. The SMILES string of the molecule is C.CCCCCCc1c[nH]c(-c2cncc(OC[C@@H]3CCN3C)c2)c1.CN1CC[C@H]1COc1cncc(-c2cc(CCCCCF)cs2)c1. The standard InChI is InChI=1S/C20H29N3O.C19H25FN2OS.CH4/c1-3-4-5-6-7-16-10-20(22-12-16)17-11-19(14-21-13-17)24-15-18-8-9-23(18)2;1-22-8-6-17(22)13-23-18-10-16(11-21-12-18)19-9-15(14-24-19)5-3-2-4-7-20;/h10-14,18,22H,3-9,15H2,1-2H3;9-12,14,17H,2-8,13H2,1H3;1H4/t18-;17-;/m00./s1. The Labute approximate surface area is 298 Å². The Morgan fingerprint density at radius 1 is 0.776 bits per heavy atom. The third-order valence-electron chi connectivity index (χ3n) is 9.60. The number of alkyl halides is 1. The number of H-pyrrole nitrogens is 1. The molecule has 49 heavy (non-hydrogen) atoms. The van der Waals surface area contributed by atoms with Gasteiger partial charge in [-0.3, -0.25) is 24.2 Å². The van der Waals surface area contributed by atoms with Crippen LogP contribution in [0.4, 0.5) is 4.39 Å². The number of likely N-dealkylation sites (N-methyl/N-ethyl adjacent to an activating group) is 2. The van der Waals surface area contributed by atoms with Crippen LogP contribution in [0.2, 0.25) is 0 Å². The van der Waals surface area contributed by atoms with Gasteiger partial charge in [-0.05, 0) is 113 Å². The molecule has 2 aliphatic rings. The van der Waals surface area contributed by atoms with Gasteiger partial charge < -0.3 is 14.5 Å². The number of ether oxygens (including phenoxy) is 2. The highest BCUT2D eigenvalue weighted by atomic mass is 32.1. The molecular weight excluding hydrogens is 634 g/mol. The van der Waals surface area contributed by atoms with Crippen molar-refractivity contribution in [1.29, 1.82) is 0 Å². The number of aromatic nitrogens is 3. The summed E-state index contributed by atoms with van der Waals surface area (Å²) in [4.78, 5) is 17.9. The number of thiophene rings is 1. The molecule has 0 bridgehead atoms. The predicted octanol–water partition coefficient (Wildman–Crippen LogP) is 9.49. The van der Waals surface area contributed by atoms with E-state index in [1.54, 1.807) is 23.7 Å². The molecule has 0 aromatic carbocycles. The topological polar surface area (TPSA) is 66.5 Å². The first-order valence-corrected chi connectivity index (χ1v) is 18.8. The zero-order valence-electron chi connectivity index (χ0n) is 29.1. The molecule has 0 saturated carbocycles. The van der Waals surface area contributed by atoms with E-state index in [9.17, 15) is 4.39 Å².